The number of allylic oxidation sites excluding steroid dienone is 1. The fourth-order valence-corrected chi connectivity index (χ4v) is 11.5. The SMILES string of the molecule is C=C(C)[C@@H]1CC[C@]2(C)CC[C@]3(C)[C@H](CC[C@@H]4[C@@]5(C)CCC(O)C(C)(CO)[C@@H]5CC[C@]43C)[C@@H]12. The largest absolute Gasteiger partial charge is 0.396 e. The van der Waals surface area contributed by atoms with E-state index in [9.17, 15) is 10.2 Å². The van der Waals surface area contributed by atoms with Gasteiger partial charge in [0.1, 0.15) is 0 Å². The van der Waals surface area contributed by atoms with Gasteiger partial charge in [-0.25, -0.2) is 0 Å². The molecular formula is C30H50O2. The van der Waals surface area contributed by atoms with Crippen LogP contribution in [0.5, 0.6) is 0 Å². The highest BCUT2D eigenvalue weighted by atomic mass is 16.3. The van der Waals surface area contributed by atoms with E-state index in [0.29, 0.717) is 28.1 Å². The first-order valence-corrected chi connectivity index (χ1v) is 13.8. The van der Waals surface area contributed by atoms with Gasteiger partial charge in [-0.3, -0.25) is 0 Å². The molecule has 11 atom stereocenters. The third-order valence-corrected chi connectivity index (χ3v) is 13.6. The minimum absolute atomic E-state index is 0.123. The predicted octanol–water partition coefficient (Wildman–Crippen LogP) is 7.00. The first kappa shape index (κ1) is 23.4. The summed E-state index contributed by atoms with van der Waals surface area (Å²) >= 11 is 0. The highest BCUT2D eigenvalue weighted by molar-refractivity contribution is 5.21. The third-order valence-electron chi connectivity index (χ3n) is 13.6. The fraction of sp³-hybridized carbons (Fsp3) is 0.933. The summed E-state index contributed by atoms with van der Waals surface area (Å²) in [6.07, 6.45) is 12.3. The first-order chi connectivity index (χ1) is 14.9. The van der Waals surface area contributed by atoms with E-state index >= 15 is 0 Å². The molecule has 0 aliphatic heterocycles. The van der Waals surface area contributed by atoms with Crippen molar-refractivity contribution in [3.8, 4) is 0 Å². The van der Waals surface area contributed by atoms with Gasteiger partial charge in [0.05, 0.1) is 12.7 Å². The fourth-order valence-electron chi connectivity index (χ4n) is 11.5. The van der Waals surface area contributed by atoms with E-state index < -0.39 is 0 Å². The van der Waals surface area contributed by atoms with Gasteiger partial charge in [0.25, 0.3) is 0 Å². The maximum Gasteiger partial charge on any atom is 0.0618 e. The number of aliphatic hydroxyl groups excluding tert-OH is 2. The molecule has 0 heterocycles. The van der Waals surface area contributed by atoms with Crippen LogP contribution in [0.2, 0.25) is 0 Å². The summed E-state index contributed by atoms with van der Waals surface area (Å²) in [4.78, 5) is 0. The van der Waals surface area contributed by atoms with E-state index in [-0.39, 0.29) is 23.5 Å². The molecule has 0 spiro atoms. The molecule has 5 saturated carbocycles. The lowest BCUT2D eigenvalue weighted by molar-refractivity contribution is -0.253. The molecule has 2 nitrogen and oxygen atoms in total. The summed E-state index contributed by atoms with van der Waals surface area (Å²) < 4.78 is 0. The number of rotatable bonds is 2. The smallest absolute Gasteiger partial charge is 0.0618 e. The van der Waals surface area contributed by atoms with E-state index in [4.69, 9.17) is 0 Å². The van der Waals surface area contributed by atoms with Crippen LogP contribution in [0.15, 0.2) is 12.2 Å². The van der Waals surface area contributed by atoms with E-state index in [1.165, 1.54) is 56.9 Å². The summed E-state index contributed by atoms with van der Waals surface area (Å²) in [5.41, 5.74) is 2.62. The minimum atomic E-state index is -0.355. The van der Waals surface area contributed by atoms with Crippen LogP contribution in [0.1, 0.15) is 106 Å². The number of hydrogen-bond acceptors (Lipinski definition) is 2. The third kappa shape index (κ3) is 2.66. The Kier molecular flexibility index (Phi) is 5.19. The molecule has 5 rings (SSSR count). The zero-order chi connectivity index (χ0) is 23.3. The molecule has 182 valence electrons. The van der Waals surface area contributed by atoms with Crippen LogP contribution in [0, 0.1) is 56.7 Å². The molecule has 0 aromatic rings. The second-order valence-corrected chi connectivity index (χ2v) is 14.6. The van der Waals surface area contributed by atoms with Gasteiger partial charge < -0.3 is 10.2 Å². The van der Waals surface area contributed by atoms with Crippen LogP contribution >= 0.6 is 0 Å². The van der Waals surface area contributed by atoms with Crippen LogP contribution in [0.25, 0.3) is 0 Å². The van der Waals surface area contributed by atoms with E-state index in [2.05, 4.69) is 48.1 Å². The lowest BCUT2D eigenvalue weighted by Crippen LogP contribution is -2.67. The Balaban J connectivity index is 1.54. The van der Waals surface area contributed by atoms with Gasteiger partial charge in [-0.1, -0.05) is 46.8 Å². The Labute approximate surface area is 197 Å². The van der Waals surface area contributed by atoms with Crippen molar-refractivity contribution in [1.29, 1.82) is 0 Å². The Morgan fingerprint density at radius 2 is 1.53 bits per heavy atom. The normalized spacial score (nSPS) is 59.5. The van der Waals surface area contributed by atoms with Crippen LogP contribution in [-0.2, 0) is 0 Å². The van der Waals surface area contributed by atoms with E-state index in [1.54, 1.807) is 0 Å². The molecule has 0 saturated heterocycles. The summed E-state index contributed by atoms with van der Waals surface area (Å²) in [5.74, 6) is 3.51. The van der Waals surface area contributed by atoms with Crippen LogP contribution in [0.3, 0.4) is 0 Å². The molecule has 5 aliphatic carbocycles. The van der Waals surface area contributed by atoms with Crippen LogP contribution in [0.4, 0.5) is 0 Å². The van der Waals surface area contributed by atoms with Crippen molar-refractivity contribution in [2.45, 2.75) is 112 Å². The second-order valence-electron chi connectivity index (χ2n) is 14.6. The van der Waals surface area contributed by atoms with Gasteiger partial charge in [0, 0.05) is 5.41 Å². The van der Waals surface area contributed by atoms with Gasteiger partial charge in [-0.2, -0.15) is 0 Å². The highest BCUT2D eigenvalue weighted by Gasteiger charge is 2.70. The van der Waals surface area contributed by atoms with Crippen LogP contribution < -0.4 is 0 Å². The lowest BCUT2D eigenvalue weighted by atomic mass is 9.32. The van der Waals surface area contributed by atoms with Crippen molar-refractivity contribution in [2.75, 3.05) is 6.61 Å². The maximum atomic E-state index is 10.9. The maximum absolute atomic E-state index is 10.9. The zero-order valence-corrected chi connectivity index (χ0v) is 21.8. The average molecular weight is 443 g/mol. The van der Waals surface area contributed by atoms with Gasteiger partial charge in [-0.05, 0) is 122 Å². The van der Waals surface area contributed by atoms with Crippen LogP contribution in [-0.4, -0.2) is 22.9 Å². The molecule has 2 heteroatoms. The molecule has 0 bridgehead atoms. The molecule has 0 radical (unpaired) electrons. The zero-order valence-electron chi connectivity index (χ0n) is 21.8. The molecule has 0 aromatic heterocycles. The topological polar surface area (TPSA) is 40.5 Å². The van der Waals surface area contributed by atoms with Crippen molar-refractivity contribution in [3.05, 3.63) is 12.2 Å². The molecule has 5 aliphatic rings. The lowest BCUT2D eigenvalue weighted by Gasteiger charge is -2.73. The average Bonchev–Trinajstić information content (AvgIpc) is 3.09. The molecule has 2 N–H and O–H groups in total. The Morgan fingerprint density at radius 1 is 0.812 bits per heavy atom. The number of fused-ring (bicyclic) bond motifs is 7. The van der Waals surface area contributed by atoms with Gasteiger partial charge in [-0.15, -0.1) is 0 Å². The van der Waals surface area contributed by atoms with E-state index in [1.807, 2.05) is 0 Å². The van der Waals surface area contributed by atoms with Gasteiger partial charge in [0.2, 0.25) is 0 Å². The number of hydrogen-bond donors (Lipinski definition) is 2. The van der Waals surface area contributed by atoms with E-state index in [0.717, 1.165) is 30.6 Å². The summed E-state index contributed by atoms with van der Waals surface area (Å²) in [6.45, 7) is 19.6. The van der Waals surface area contributed by atoms with Crippen molar-refractivity contribution >= 4 is 0 Å². The Morgan fingerprint density at radius 3 is 2.19 bits per heavy atom. The Hall–Kier alpha value is -0.340. The quantitative estimate of drug-likeness (QED) is 0.452. The molecule has 2 unspecified atom stereocenters. The number of aliphatic hydroxyl groups is 2. The summed E-state index contributed by atoms with van der Waals surface area (Å²) in [5, 5.41) is 21.3. The Bertz CT molecular complexity index is 790. The predicted molar refractivity (Wildman–Crippen MR) is 132 cm³/mol. The minimum Gasteiger partial charge on any atom is -0.396 e. The molecule has 0 aromatic carbocycles. The van der Waals surface area contributed by atoms with Crippen molar-refractivity contribution in [1.82, 2.24) is 0 Å². The van der Waals surface area contributed by atoms with Gasteiger partial charge in [0.15, 0.2) is 0 Å². The monoisotopic (exact) mass is 442 g/mol. The first-order valence-electron chi connectivity index (χ1n) is 13.8. The standard InChI is InChI=1S/C30H50O2/c1-19(2)20-10-13-26(3)16-17-29(6)21(25(20)26)8-9-23-27(4)14-12-24(32)28(5,18-31)22(27)11-15-30(23,29)7/h20-25,31-32H,1,8-18H2,2-7H3/t20-,21+,22+,23+,24?,25+,26+,27-,28?,29+,30+/m0/s1. The molecule has 32 heavy (non-hydrogen) atoms. The molecular weight excluding hydrogens is 392 g/mol. The highest BCUT2D eigenvalue weighted by Crippen LogP contribution is 2.77. The summed E-state index contributed by atoms with van der Waals surface area (Å²) in [6, 6.07) is 0. The molecule has 5 fully saturated rings. The van der Waals surface area contributed by atoms with Crippen molar-refractivity contribution < 1.29 is 10.2 Å². The van der Waals surface area contributed by atoms with Crippen molar-refractivity contribution in [3.63, 3.8) is 0 Å². The molecule has 0 amide bonds. The summed E-state index contributed by atoms with van der Waals surface area (Å²) in [7, 11) is 0. The van der Waals surface area contributed by atoms with Crippen molar-refractivity contribution in [2.24, 2.45) is 56.7 Å². The second kappa shape index (κ2) is 7.09. The van der Waals surface area contributed by atoms with Gasteiger partial charge >= 0.3 is 0 Å².